The first-order valence-electron chi connectivity index (χ1n) is 9.28. The fraction of sp³-hybridized carbons (Fsp3) is 0.100. The zero-order chi connectivity index (χ0) is 22.7. The number of amides is 1. The number of carbonyl (C=O) groups excluding carboxylic acids is 1. The highest BCUT2D eigenvalue weighted by atomic mass is 35.5. The van der Waals surface area contributed by atoms with Crippen LogP contribution in [0.25, 0.3) is 10.2 Å². The lowest BCUT2D eigenvalue weighted by molar-refractivity contribution is -0.114. The van der Waals surface area contributed by atoms with Crippen LogP contribution in [-0.2, 0) is 14.8 Å². The average molecular weight is 489 g/mol. The number of para-hydroxylation sites is 1. The smallest absolute Gasteiger partial charge is 0.264 e. The van der Waals surface area contributed by atoms with E-state index < -0.39 is 10.0 Å². The molecule has 32 heavy (non-hydrogen) atoms. The van der Waals surface area contributed by atoms with E-state index in [2.05, 4.69) is 25.0 Å². The van der Waals surface area contributed by atoms with Crippen molar-refractivity contribution in [2.75, 3.05) is 28.5 Å². The number of hydrogen-bond donors (Lipinski definition) is 2. The Morgan fingerprint density at radius 1 is 1.09 bits per heavy atom. The van der Waals surface area contributed by atoms with Crippen LogP contribution in [0, 0.1) is 0 Å². The van der Waals surface area contributed by atoms with Crippen LogP contribution >= 0.6 is 22.9 Å². The monoisotopic (exact) mass is 488 g/mol. The van der Waals surface area contributed by atoms with Crippen molar-refractivity contribution in [3.63, 3.8) is 0 Å². The Morgan fingerprint density at radius 2 is 1.81 bits per heavy atom. The van der Waals surface area contributed by atoms with Crippen LogP contribution < -0.4 is 14.9 Å². The molecule has 164 valence electrons. The van der Waals surface area contributed by atoms with Gasteiger partial charge in [0.15, 0.2) is 5.13 Å². The zero-order valence-electron chi connectivity index (χ0n) is 16.7. The minimum absolute atomic E-state index is 0.0198. The van der Waals surface area contributed by atoms with Gasteiger partial charge in [-0.25, -0.2) is 28.1 Å². The summed E-state index contributed by atoms with van der Waals surface area (Å²) in [6.45, 7) is 0.0599. The lowest BCUT2D eigenvalue weighted by atomic mass is 10.3. The van der Waals surface area contributed by atoms with Crippen LogP contribution in [0.1, 0.15) is 0 Å². The summed E-state index contributed by atoms with van der Waals surface area (Å²) in [7, 11) is -2.08. The largest absolute Gasteiger partial charge is 0.342 e. The van der Waals surface area contributed by atoms with Gasteiger partial charge >= 0.3 is 0 Å². The van der Waals surface area contributed by atoms with Gasteiger partial charge in [0.1, 0.15) is 5.52 Å². The number of anilines is 3. The summed E-state index contributed by atoms with van der Waals surface area (Å²) in [4.78, 5) is 26.4. The Morgan fingerprint density at radius 3 is 2.50 bits per heavy atom. The molecular weight excluding hydrogens is 472 g/mol. The van der Waals surface area contributed by atoms with Crippen molar-refractivity contribution in [3.8, 4) is 0 Å². The lowest BCUT2D eigenvalue weighted by Crippen LogP contribution is -2.29. The number of nitrogens with zero attached hydrogens (tertiary/aromatic N) is 4. The molecule has 0 aliphatic carbocycles. The van der Waals surface area contributed by atoms with Crippen LogP contribution in [-0.4, -0.2) is 42.9 Å². The van der Waals surface area contributed by atoms with Gasteiger partial charge in [-0.05, 0) is 42.5 Å². The second-order valence-electron chi connectivity index (χ2n) is 6.69. The second kappa shape index (κ2) is 9.07. The van der Waals surface area contributed by atoms with Crippen LogP contribution in [0.2, 0.25) is 5.02 Å². The Balaban J connectivity index is 1.39. The maximum atomic E-state index is 12.5. The molecule has 0 atom stereocenters. The number of sulfonamides is 1. The third-order valence-electron chi connectivity index (χ3n) is 4.31. The topological polar surface area (TPSA) is 117 Å². The minimum atomic E-state index is -3.84. The first-order chi connectivity index (χ1) is 15.3. The number of carbonyl (C=O) groups is 1. The Kier molecular flexibility index (Phi) is 6.21. The molecule has 0 unspecified atom stereocenters. The van der Waals surface area contributed by atoms with Crippen molar-refractivity contribution < 1.29 is 13.2 Å². The molecule has 0 saturated carbocycles. The van der Waals surface area contributed by atoms with Gasteiger partial charge in [-0.15, -0.1) is 0 Å². The molecule has 0 spiro atoms. The highest BCUT2D eigenvalue weighted by Crippen LogP contribution is 2.32. The van der Waals surface area contributed by atoms with Crippen molar-refractivity contribution in [2.24, 2.45) is 0 Å². The number of halogens is 1. The number of benzene rings is 2. The summed E-state index contributed by atoms with van der Waals surface area (Å²) in [5.74, 6) is -0.298. The minimum Gasteiger partial charge on any atom is -0.342 e. The van der Waals surface area contributed by atoms with Crippen molar-refractivity contribution >= 4 is 65.9 Å². The molecule has 9 nitrogen and oxygen atoms in total. The molecule has 1 amide bonds. The fourth-order valence-electron chi connectivity index (χ4n) is 2.80. The fourth-order valence-corrected chi connectivity index (χ4v) is 4.98. The van der Waals surface area contributed by atoms with Crippen molar-refractivity contribution in [1.29, 1.82) is 0 Å². The second-order valence-corrected chi connectivity index (χ2v) is 9.79. The van der Waals surface area contributed by atoms with Gasteiger partial charge in [-0.1, -0.05) is 29.0 Å². The van der Waals surface area contributed by atoms with E-state index in [9.17, 15) is 13.2 Å². The van der Waals surface area contributed by atoms with Gasteiger partial charge < -0.3 is 10.2 Å². The van der Waals surface area contributed by atoms with Crippen LogP contribution in [0.3, 0.4) is 0 Å². The molecule has 0 aliphatic heterocycles. The zero-order valence-corrected chi connectivity index (χ0v) is 19.1. The summed E-state index contributed by atoms with van der Waals surface area (Å²) < 4.78 is 28.1. The number of hydrogen-bond acceptors (Lipinski definition) is 8. The van der Waals surface area contributed by atoms with Crippen LogP contribution in [0.5, 0.6) is 0 Å². The summed E-state index contributed by atoms with van der Waals surface area (Å²) in [6, 6.07) is 12.9. The maximum Gasteiger partial charge on any atom is 0.264 e. The van der Waals surface area contributed by atoms with E-state index in [-0.39, 0.29) is 23.3 Å². The van der Waals surface area contributed by atoms with Crippen LogP contribution in [0.15, 0.2) is 65.8 Å². The molecule has 2 aromatic carbocycles. The molecule has 0 fully saturated rings. The molecule has 0 radical (unpaired) electrons. The first kappa shape index (κ1) is 21.9. The number of rotatable bonds is 7. The van der Waals surface area contributed by atoms with Gasteiger partial charge in [0.2, 0.25) is 11.9 Å². The Bertz CT molecular complexity index is 1360. The van der Waals surface area contributed by atoms with E-state index in [1.165, 1.54) is 48.0 Å². The third-order valence-corrected chi connectivity index (χ3v) is 7.09. The predicted octanol–water partition coefficient (Wildman–Crippen LogP) is 3.62. The molecule has 0 bridgehead atoms. The molecule has 0 aliphatic rings. The summed E-state index contributed by atoms with van der Waals surface area (Å²) in [5.41, 5.74) is 1.17. The molecule has 4 aromatic rings. The standard InChI is InChI=1S/C20H17ClN6O3S2/c1-27(20-25-18-15(21)4-2-5-16(18)31-20)12-17(28)24-13-6-8-14(9-7-13)32(29,30)26-19-22-10-3-11-23-19/h2-11H,12H2,1H3,(H,24,28)(H,22,23,26). The highest BCUT2D eigenvalue weighted by Gasteiger charge is 2.17. The molecule has 2 aromatic heterocycles. The summed E-state index contributed by atoms with van der Waals surface area (Å²) >= 11 is 7.61. The van der Waals surface area contributed by atoms with E-state index in [1.807, 2.05) is 12.1 Å². The van der Waals surface area contributed by atoms with E-state index in [0.717, 1.165) is 4.70 Å². The van der Waals surface area contributed by atoms with Gasteiger partial charge in [-0.2, -0.15) is 0 Å². The lowest BCUT2D eigenvalue weighted by Gasteiger charge is -2.15. The summed E-state index contributed by atoms with van der Waals surface area (Å²) in [5, 5.41) is 3.97. The number of likely N-dealkylation sites (N-methyl/N-ethyl adjacent to an activating group) is 1. The van der Waals surface area contributed by atoms with Gasteiger partial charge in [-0.3, -0.25) is 4.79 Å². The van der Waals surface area contributed by atoms with Gasteiger partial charge in [0.05, 0.1) is 21.2 Å². The van der Waals surface area contributed by atoms with Crippen LogP contribution in [0.4, 0.5) is 16.8 Å². The Labute approximate surface area is 193 Å². The van der Waals surface area contributed by atoms with E-state index in [0.29, 0.717) is 21.4 Å². The molecule has 2 N–H and O–H groups in total. The molecule has 4 rings (SSSR count). The van der Waals surface area contributed by atoms with Gasteiger partial charge in [0.25, 0.3) is 10.0 Å². The van der Waals surface area contributed by atoms with Crippen molar-refractivity contribution in [1.82, 2.24) is 15.0 Å². The molecule has 0 saturated heterocycles. The van der Waals surface area contributed by atoms with Gasteiger partial charge in [0, 0.05) is 25.1 Å². The quantitative estimate of drug-likeness (QED) is 0.408. The molecule has 2 heterocycles. The summed E-state index contributed by atoms with van der Waals surface area (Å²) in [6.07, 6.45) is 2.87. The number of thiazole rings is 1. The van der Waals surface area contributed by atoms with Crippen molar-refractivity contribution in [2.45, 2.75) is 4.90 Å². The number of nitrogens with one attached hydrogen (secondary N) is 2. The third kappa shape index (κ3) is 4.96. The predicted molar refractivity (Wildman–Crippen MR) is 126 cm³/mol. The number of fused-ring (bicyclic) bond motifs is 1. The van der Waals surface area contributed by atoms with E-state index in [4.69, 9.17) is 11.6 Å². The highest BCUT2D eigenvalue weighted by molar-refractivity contribution is 7.92. The molecule has 12 heteroatoms. The van der Waals surface area contributed by atoms with E-state index in [1.54, 1.807) is 24.1 Å². The average Bonchev–Trinajstić information content (AvgIpc) is 3.20. The Hall–Kier alpha value is -3.28. The van der Waals surface area contributed by atoms with Crippen molar-refractivity contribution in [3.05, 3.63) is 65.9 Å². The number of aromatic nitrogens is 3. The maximum absolute atomic E-state index is 12.5. The first-order valence-corrected chi connectivity index (χ1v) is 12.0. The SMILES string of the molecule is CN(CC(=O)Nc1ccc(S(=O)(=O)Nc2ncccn2)cc1)c1nc2c(Cl)cccc2s1. The van der Waals surface area contributed by atoms with E-state index >= 15 is 0 Å². The molecular formula is C20H17ClN6O3S2. The normalized spacial score (nSPS) is 11.3.